The number of benzene rings is 1. The topological polar surface area (TPSA) is 80.2 Å². The minimum atomic E-state index is -0.397. The average Bonchev–Trinajstić information content (AvgIpc) is 2.55. The molecule has 2 aromatic rings. The number of ether oxygens (including phenoxy) is 1. The number of amides is 1. The third-order valence-electron chi connectivity index (χ3n) is 3.40. The minimum absolute atomic E-state index is 0.0232. The van der Waals surface area contributed by atoms with Crippen LogP contribution in [0.2, 0.25) is 0 Å². The van der Waals surface area contributed by atoms with Gasteiger partial charge in [-0.05, 0) is 19.1 Å². The molecule has 1 N–H and O–H groups in total. The van der Waals surface area contributed by atoms with Crippen molar-refractivity contribution in [2.45, 2.75) is 13.0 Å². The molecular formula is C14H17N5O2. The van der Waals surface area contributed by atoms with Gasteiger partial charge in [-0.3, -0.25) is 4.79 Å². The molecule has 0 radical (unpaired) electrons. The van der Waals surface area contributed by atoms with Crippen LogP contribution in [0.15, 0.2) is 24.3 Å². The number of aromatic nitrogens is 3. The number of nitrogens with one attached hydrogen (secondary N) is 1. The summed E-state index contributed by atoms with van der Waals surface area (Å²) in [5.41, 5.74) is 1.48. The van der Waals surface area contributed by atoms with E-state index in [2.05, 4.69) is 20.5 Å². The van der Waals surface area contributed by atoms with Gasteiger partial charge in [-0.1, -0.05) is 12.1 Å². The number of nitrogens with zero attached hydrogens (tertiary/aromatic N) is 4. The van der Waals surface area contributed by atoms with E-state index in [-0.39, 0.29) is 5.91 Å². The second-order valence-corrected chi connectivity index (χ2v) is 4.93. The van der Waals surface area contributed by atoms with E-state index in [0.29, 0.717) is 32.3 Å². The Kier molecular flexibility index (Phi) is 3.92. The molecule has 7 nitrogen and oxygen atoms in total. The van der Waals surface area contributed by atoms with Crippen LogP contribution in [0.3, 0.4) is 0 Å². The number of carbonyl (C=O) groups is 1. The average molecular weight is 287 g/mol. The Bertz CT molecular complexity index is 642. The van der Waals surface area contributed by atoms with Crippen molar-refractivity contribution < 1.29 is 9.53 Å². The van der Waals surface area contributed by atoms with E-state index in [1.807, 2.05) is 24.3 Å². The van der Waals surface area contributed by atoms with Gasteiger partial charge in [-0.15, -0.1) is 10.2 Å². The molecule has 1 aliphatic heterocycles. The Morgan fingerprint density at radius 1 is 1.24 bits per heavy atom. The lowest BCUT2D eigenvalue weighted by Gasteiger charge is -2.29. The fourth-order valence-corrected chi connectivity index (χ4v) is 2.26. The van der Waals surface area contributed by atoms with Crippen LogP contribution in [0.25, 0.3) is 11.0 Å². The van der Waals surface area contributed by atoms with Crippen molar-refractivity contribution in [3.05, 3.63) is 24.3 Å². The fraction of sp³-hybridized carbons (Fsp3) is 0.429. The number of hydrogen-bond acceptors (Lipinski definition) is 6. The highest BCUT2D eigenvalue weighted by Crippen LogP contribution is 2.10. The largest absolute Gasteiger partial charge is 0.378 e. The molecule has 1 saturated heterocycles. The molecule has 1 fully saturated rings. The number of fused-ring (bicyclic) bond motifs is 1. The molecular weight excluding hydrogens is 270 g/mol. The molecule has 0 bridgehead atoms. The van der Waals surface area contributed by atoms with Crippen LogP contribution < -0.4 is 5.32 Å². The Morgan fingerprint density at radius 2 is 1.95 bits per heavy atom. The second kappa shape index (κ2) is 6.01. The first-order chi connectivity index (χ1) is 10.2. The van der Waals surface area contributed by atoms with Crippen LogP contribution in [0.4, 0.5) is 5.95 Å². The third-order valence-corrected chi connectivity index (χ3v) is 3.40. The number of anilines is 1. The van der Waals surface area contributed by atoms with Crippen molar-refractivity contribution in [2.75, 3.05) is 31.6 Å². The summed E-state index contributed by atoms with van der Waals surface area (Å²) in [6.45, 7) is 4.23. The Hall–Kier alpha value is -2.28. The van der Waals surface area contributed by atoms with E-state index < -0.39 is 6.04 Å². The lowest BCUT2D eigenvalue weighted by Crippen LogP contribution is -2.47. The fourth-order valence-electron chi connectivity index (χ4n) is 2.26. The van der Waals surface area contributed by atoms with Gasteiger partial charge < -0.3 is 15.0 Å². The SMILES string of the molecule is CC(Nc1nnc2ccccc2n1)C(=O)N1CCOCC1. The van der Waals surface area contributed by atoms with Crippen molar-refractivity contribution in [1.29, 1.82) is 0 Å². The summed E-state index contributed by atoms with van der Waals surface area (Å²) < 4.78 is 5.25. The first-order valence-electron chi connectivity index (χ1n) is 6.96. The predicted molar refractivity (Wildman–Crippen MR) is 77.8 cm³/mol. The molecule has 2 heterocycles. The van der Waals surface area contributed by atoms with Crippen LogP contribution in [-0.4, -0.2) is 58.3 Å². The van der Waals surface area contributed by atoms with Gasteiger partial charge in [0, 0.05) is 13.1 Å². The maximum atomic E-state index is 12.3. The lowest BCUT2D eigenvalue weighted by atomic mass is 10.2. The summed E-state index contributed by atoms with van der Waals surface area (Å²) >= 11 is 0. The van der Waals surface area contributed by atoms with Crippen LogP contribution >= 0.6 is 0 Å². The van der Waals surface area contributed by atoms with Gasteiger partial charge >= 0.3 is 0 Å². The summed E-state index contributed by atoms with van der Waals surface area (Å²) in [5.74, 6) is 0.387. The van der Waals surface area contributed by atoms with Gasteiger partial charge in [0.05, 0.1) is 18.7 Å². The molecule has 3 rings (SSSR count). The zero-order chi connectivity index (χ0) is 14.7. The van der Waals surface area contributed by atoms with E-state index in [1.165, 1.54) is 0 Å². The quantitative estimate of drug-likeness (QED) is 0.894. The minimum Gasteiger partial charge on any atom is -0.378 e. The Labute approximate surface area is 122 Å². The highest BCUT2D eigenvalue weighted by Gasteiger charge is 2.22. The monoisotopic (exact) mass is 287 g/mol. The predicted octanol–water partition coefficient (Wildman–Crippen LogP) is 0.684. The van der Waals surface area contributed by atoms with Gasteiger partial charge in [-0.2, -0.15) is 0 Å². The van der Waals surface area contributed by atoms with E-state index in [0.717, 1.165) is 11.0 Å². The zero-order valence-corrected chi connectivity index (χ0v) is 11.8. The van der Waals surface area contributed by atoms with Crippen molar-refractivity contribution in [1.82, 2.24) is 20.1 Å². The van der Waals surface area contributed by atoms with Crippen LogP contribution in [0.1, 0.15) is 6.92 Å². The van der Waals surface area contributed by atoms with Crippen LogP contribution in [0.5, 0.6) is 0 Å². The molecule has 7 heteroatoms. The standard InChI is InChI=1S/C14H17N5O2/c1-10(13(20)19-6-8-21-9-7-19)15-14-16-11-4-2-3-5-12(11)17-18-14/h2-5,10H,6-9H2,1H3,(H,15,16,18). The van der Waals surface area contributed by atoms with Gasteiger partial charge in [0.2, 0.25) is 11.9 Å². The van der Waals surface area contributed by atoms with E-state index in [1.54, 1.807) is 11.8 Å². The summed E-state index contributed by atoms with van der Waals surface area (Å²) in [6, 6.07) is 7.09. The first kappa shape index (κ1) is 13.7. The molecule has 1 unspecified atom stereocenters. The second-order valence-electron chi connectivity index (χ2n) is 4.93. The molecule has 1 aromatic heterocycles. The van der Waals surface area contributed by atoms with Gasteiger partial charge in [0.15, 0.2) is 0 Å². The van der Waals surface area contributed by atoms with Gasteiger partial charge in [-0.25, -0.2) is 4.98 Å². The number of carbonyl (C=O) groups excluding carboxylic acids is 1. The molecule has 110 valence electrons. The summed E-state index contributed by atoms with van der Waals surface area (Å²) in [6.07, 6.45) is 0. The molecule has 0 saturated carbocycles. The van der Waals surface area contributed by atoms with Crippen molar-refractivity contribution in [3.63, 3.8) is 0 Å². The number of morpholine rings is 1. The van der Waals surface area contributed by atoms with E-state index in [4.69, 9.17) is 4.74 Å². The molecule has 1 atom stereocenters. The maximum absolute atomic E-state index is 12.3. The van der Waals surface area contributed by atoms with E-state index >= 15 is 0 Å². The molecule has 1 aliphatic rings. The summed E-state index contributed by atoms with van der Waals surface area (Å²) in [7, 11) is 0. The first-order valence-corrected chi connectivity index (χ1v) is 6.96. The smallest absolute Gasteiger partial charge is 0.245 e. The van der Waals surface area contributed by atoms with Gasteiger partial charge in [0.25, 0.3) is 0 Å². The van der Waals surface area contributed by atoms with Crippen molar-refractivity contribution in [3.8, 4) is 0 Å². The molecule has 21 heavy (non-hydrogen) atoms. The number of hydrogen-bond donors (Lipinski definition) is 1. The number of para-hydroxylation sites is 1. The van der Waals surface area contributed by atoms with Crippen molar-refractivity contribution >= 4 is 22.9 Å². The zero-order valence-electron chi connectivity index (χ0n) is 11.8. The van der Waals surface area contributed by atoms with Crippen LogP contribution in [-0.2, 0) is 9.53 Å². The molecule has 0 spiro atoms. The maximum Gasteiger partial charge on any atom is 0.245 e. The van der Waals surface area contributed by atoms with E-state index in [9.17, 15) is 4.79 Å². The Balaban J connectivity index is 1.70. The normalized spacial score (nSPS) is 16.7. The molecule has 1 aromatic carbocycles. The van der Waals surface area contributed by atoms with Crippen LogP contribution in [0, 0.1) is 0 Å². The molecule has 1 amide bonds. The summed E-state index contributed by atoms with van der Waals surface area (Å²) in [5, 5.41) is 11.1. The molecule has 0 aliphatic carbocycles. The van der Waals surface area contributed by atoms with Crippen molar-refractivity contribution in [2.24, 2.45) is 0 Å². The lowest BCUT2D eigenvalue weighted by molar-refractivity contribution is -0.135. The highest BCUT2D eigenvalue weighted by molar-refractivity contribution is 5.84. The summed E-state index contributed by atoms with van der Waals surface area (Å²) in [4.78, 5) is 18.4. The van der Waals surface area contributed by atoms with Gasteiger partial charge in [0.1, 0.15) is 11.6 Å². The number of rotatable bonds is 3. The Morgan fingerprint density at radius 3 is 2.71 bits per heavy atom. The highest BCUT2D eigenvalue weighted by atomic mass is 16.5. The third kappa shape index (κ3) is 3.08.